The highest BCUT2D eigenvalue weighted by molar-refractivity contribution is 5.87. The lowest BCUT2D eigenvalue weighted by atomic mass is 10.0. The Hall–Kier alpha value is -2.39. The van der Waals surface area contributed by atoms with Gasteiger partial charge in [-0.25, -0.2) is 0 Å². The Morgan fingerprint density at radius 3 is 2.56 bits per heavy atom. The van der Waals surface area contributed by atoms with E-state index in [1.165, 1.54) is 10.8 Å². The van der Waals surface area contributed by atoms with Crippen LogP contribution in [0.25, 0.3) is 22.0 Å². The highest BCUT2D eigenvalue weighted by Crippen LogP contribution is 2.24. The van der Waals surface area contributed by atoms with Gasteiger partial charge in [-0.2, -0.15) is 0 Å². The molecule has 18 heavy (non-hydrogen) atoms. The van der Waals surface area contributed by atoms with Crippen LogP contribution in [0.2, 0.25) is 0 Å². The molecule has 3 nitrogen and oxygen atoms in total. The van der Waals surface area contributed by atoms with E-state index in [4.69, 9.17) is 5.84 Å². The summed E-state index contributed by atoms with van der Waals surface area (Å²) < 4.78 is 0. The van der Waals surface area contributed by atoms with E-state index in [1.807, 2.05) is 24.3 Å². The molecular formula is C15H13N3. The molecule has 0 aliphatic heterocycles. The molecule has 88 valence electrons. The first-order valence-corrected chi connectivity index (χ1v) is 5.79. The first-order valence-electron chi connectivity index (χ1n) is 5.79. The average Bonchev–Trinajstić information content (AvgIpc) is 2.47. The summed E-state index contributed by atoms with van der Waals surface area (Å²) in [5.41, 5.74) is 5.49. The van der Waals surface area contributed by atoms with Crippen molar-refractivity contribution in [2.75, 3.05) is 5.43 Å². The molecule has 3 rings (SSSR count). The zero-order valence-corrected chi connectivity index (χ0v) is 9.80. The number of rotatable bonds is 2. The molecule has 0 fully saturated rings. The first-order chi connectivity index (χ1) is 8.86. The summed E-state index contributed by atoms with van der Waals surface area (Å²) in [6, 6.07) is 18.4. The van der Waals surface area contributed by atoms with Crippen molar-refractivity contribution in [3.8, 4) is 11.3 Å². The second-order valence-electron chi connectivity index (χ2n) is 4.14. The number of nitrogen functional groups attached to an aromatic ring is 1. The predicted molar refractivity (Wildman–Crippen MR) is 75.0 cm³/mol. The summed E-state index contributed by atoms with van der Waals surface area (Å²) in [5.74, 6) is 5.41. The summed E-state index contributed by atoms with van der Waals surface area (Å²) in [5, 5.41) is 2.44. The van der Waals surface area contributed by atoms with E-state index in [0.29, 0.717) is 0 Å². The maximum absolute atomic E-state index is 5.41. The lowest BCUT2D eigenvalue weighted by molar-refractivity contribution is 1.28. The molecule has 0 spiro atoms. The number of anilines is 1. The van der Waals surface area contributed by atoms with Gasteiger partial charge in [0, 0.05) is 11.8 Å². The zero-order chi connectivity index (χ0) is 12.4. The number of hydrogen-bond acceptors (Lipinski definition) is 3. The van der Waals surface area contributed by atoms with Crippen LogP contribution in [0.15, 0.2) is 60.8 Å². The Balaban J connectivity index is 2.13. The number of pyridine rings is 1. The van der Waals surface area contributed by atoms with Gasteiger partial charge in [-0.05, 0) is 29.0 Å². The van der Waals surface area contributed by atoms with Crippen LogP contribution in [-0.2, 0) is 0 Å². The molecule has 0 aliphatic rings. The summed E-state index contributed by atoms with van der Waals surface area (Å²) in [6.07, 6.45) is 1.75. The van der Waals surface area contributed by atoms with Gasteiger partial charge in [-0.1, -0.05) is 36.4 Å². The molecule has 0 saturated carbocycles. The van der Waals surface area contributed by atoms with Crippen LogP contribution in [0, 0.1) is 0 Å². The van der Waals surface area contributed by atoms with Gasteiger partial charge in [-0.3, -0.25) is 10.8 Å². The van der Waals surface area contributed by atoms with Crippen molar-refractivity contribution in [2.45, 2.75) is 0 Å². The van der Waals surface area contributed by atoms with Gasteiger partial charge in [0.1, 0.15) is 0 Å². The fourth-order valence-electron chi connectivity index (χ4n) is 2.03. The third kappa shape index (κ3) is 1.92. The number of nitrogens with two attached hydrogens (primary N) is 1. The van der Waals surface area contributed by atoms with Crippen molar-refractivity contribution in [1.29, 1.82) is 0 Å². The predicted octanol–water partition coefficient (Wildman–Crippen LogP) is 3.19. The lowest BCUT2D eigenvalue weighted by Crippen LogP contribution is -2.06. The Bertz CT molecular complexity index is 692. The van der Waals surface area contributed by atoms with Crippen LogP contribution < -0.4 is 11.3 Å². The van der Waals surface area contributed by atoms with Crippen LogP contribution in [0.4, 0.5) is 5.69 Å². The van der Waals surface area contributed by atoms with E-state index in [2.05, 4.69) is 40.7 Å². The van der Waals surface area contributed by atoms with Gasteiger partial charge in [0.25, 0.3) is 0 Å². The van der Waals surface area contributed by atoms with E-state index < -0.39 is 0 Å². The molecule has 2 aromatic carbocycles. The molecule has 3 aromatic rings. The van der Waals surface area contributed by atoms with Crippen molar-refractivity contribution >= 4 is 16.5 Å². The first kappa shape index (κ1) is 10.7. The van der Waals surface area contributed by atoms with Gasteiger partial charge in [-0.15, -0.1) is 0 Å². The molecule has 0 saturated heterocycles. The lowest BCUT2D eigenvalue weighted by Gasteiger charge is -2.05. The summed E-state index contributed by atoms with van der Waals surface area (Å²) in [6.45, 7) is 0. The normalized spacial score (nSPS) is 10.5. The Morgan fingerprint density at radius 2 is 1.72 bits per heavy atom. The molecule has 0 bridgehead atoms. The topological polar surface area (TPSA) is 50.9 Å². The Morgan fingerprint density at radius 1 is 0.889 bits per heavy atom. The van der Waals surface area contributed by atoms with Crippen molar-refractivity contribution in [3.05, 3.63) is 60.8 Å². The molecule has 1 heterocycles. The van der Waals surface area contributed by atoms with E-state index >= 15 is 0 Å². The fraction of sp³-hybridized carbons (Fsp3) is 0. The highest BCUT2D eigenvalue weighted by atomic mass is 15.2. The van der Waals surface area contributed by atoms with Crippen LogP contribution in [0.3, 0.4) is 0 Å². The minimum absolute atomic E-state index is 0.855. The SMILES string of the molecule is NNc1ccnc(-c2ccc3ccccc3c2)c1. The second-order valence-corrected chi connectivity index (χ2v) is 4.14. The van der Waals surface area contributed by atoms with Gasteiger partial charge in [0.05, 0.1) is 11.4 Å². The maximum Gasteiger partial charge on any atom is 0.0723 e. The minimum atomic E-state index is 0.855. The molecule has 3 N–H and O–H groups in total. The van der Waals surface area contributed by atoms with E-state index in [0.717, 1.165) is 16.9 Å². The minimum Gasteiger partial charge on any atom is -0.324 e. The summed E-state index contributed by atoms with van der Waals surface area (Å²) in [7, 11) is 0. The number of hydrazine groups is 1. The largest absolute Gasteiger partial charge is 0.324 e. The molecule has 0 radical (unpaired) electrons. The monoisotopic (exact) mass is 235 g/mol. The smallest absolute Gasteiger partial charge is 0.0723 e. The second kappa shape index (κ2) is 4.47. The Labute approximate surface area is 105 Å². The molecule has 0 aliphatic carbocycles. The van der Waals surface area contributed by atoms with E-state index in [9.17, 15) is 0 Å². The third-order valence-corrected chi connectivity index (χ3v) is 2.97. The van der Waals surface area contributed by atoms with E-state index in [1.54, 1.807) is 6.20 Å². The number of nitrogens with one attached hydrogen (secondary N) is 1. The summed E-state index contributed by atoms with van der Waals surface area (Å²) >= 11 is 0. The quantitative estimate of drug-likeness (QED) is 0.530. The van der Waals surface area contributed by atoms with Crippen molar-refractivity contribution in [1.82, 2.24) is 4.98 Å². The molecule has 0 atom stereocenters. The van der Waals surface area contributed by atoms with Crippen LogP contribution in [-0.4, -0.2) is 4.98 Å². The maximum atomic E-state index is 5.41. The Kier molecular flexibility index (Phi) is 2.67. The van der Waals surface area contributed by atoms with Crippen molar-refractivity contribution < 1.29 is 0 Å². The number of nitrogens with zero attached hydrogens (tertiary/aromatic N) is 1. The number of benzene rings is 2. The number of hydrogen-bond donors (Lipinski definition) is 2. The van der Waals surface area contributed by atoms with Crippen LogP contribution >= 0.6 is 0 Å². The summed E-state index contributed by atoms with van der Waals surface area (Å²) in [4.78, 5) is 4.37. The van der Waals surface area contributed by atoms with Gasteiger partial charge < -0.3 is 5.43 Å². The molecule has 0 amide bonds. The average molecular weight is 235 g/mol. The molecule has 3 heteroatoms. The standard InChI is InChI=1S/C15H13N3/c16-18-14-7-8-17-15(10-14)13-6-5-11-3-1-2-4-12(11)9-13/h1-10H,16H2,(H,17,18). The van der Waals surface area contributed by atoms with Gasteiger partial charge in [0.15, 0.2) is 0 Å². The van der Waals surface area contributed by atoms with Crippen molar-refractivity contribution in [3.63, 3.8) is 0 Å². The molecule has 1 aromatic heterocycles. The zero-order valence-electron chi connectivity index (χ0n) is 9.80. The van der Waals surface area contributed by atoms with Gasteiger partial charge in [0.2, 0.25) is 0 Å². The van der Waals surface area contributed by atoms with Crippen LogP contribution in [0.1, 0.15) is 0 Å². The number of fused-ring (bicyclic) bond motifs is 1. The highest BCUT2D eigenvalue weighted by Gasteiger charge is 2.01. The molecule has 0 unspecified atom stereocenters. The fourth-order valence-corrected chi connectivity index (χ4v) is 2.03. The third-order valence-electron chi connectivity index (χ3n) is 2.97. The molecular weight excluding hydrogens is 222 g/mol. The van der Waals surface area contributed by atoms with Crippen LogP contribution in [0.5, 0.6) is 0 Å². The van der Waals surface area contributed by atoms with Gasteiger partial charge >= 0.3 is 0 Å². The van der Waals surface area contributed by atoms with Crippen molar-refractivity contribution in [2.24, 2.45) is 5.84 Å². The number of aromatic nitrogens is 1. The van der Waals surface area contributed by atoms with E-state index in [-0.39, 0.29) is 0 Å².